The van der Waals surface area contributed by atoms with Crippen LogP contribution in [0.4, 0.5) is 4.39 Å². The number of halogens is 1. The minimum atomic E-state index is -0.699. The van der Waals surface area contributed by atoms with Gasteiger partial charge in [0.15, 0.2) is 0 Å². The van der Waals surface area contributed by atoms with E-state index in [2.05, 4.69) is 25.7 Å². The van der Waals surface area contributed by atoms with Crippen molar-refractivity contribution >= 4 is 17.4 Å². The maximum absolute atomic E-state index is 13.5. The number of unbranched alkanes of at least 4 members (excludes halogenated alkanes) is 2. The molecular weight excluding hydrogens is 455 g/mol. The second kappa shape index (κ2) is 13.4. The van der Waals surface area contributed by atoms with Crippen molar-refractivity contribution in [2.45, 2.75) is 65.3 Å². The molecule has 3 rings (SSSR count). The first-order chi connectivity index (χ1) is 17.4. The van der Waals surface area contributed by atoms with Crippen LogP contribution in [-0.2, 0) is 16.0 Å². The van der Waals surface area contributed by atoms with Crippen LogP contribution in [0.15, 0.2) is 54.1 Å². The van der Waals surface area contributed by atoms with Crippen LogP contribution in [0.3, 0.4) is 0 Å². The Labute approximate surface area is 214 Å². The van der Waals surface area contributed by atoms with E-state index < -0.39 is 23.5 Å². The number of aliphatic hydroxyl groups excluding tert-OH is 1. The number of Topliss-reactive ketones (excluding diaryl/α,β-unsaturated/α-hetero) is 1. The molecule has 2 aromatic carbocycles. The number of hydrogen-bond donors (Lipinski definition) is 1. The molecule has 0 spiro atoms. The van der Waals surface area contributed by atoms with Crippen molar-refractivity contribution in [3.63, 3.8) is 0 Å². The van der Waals surface area contributed by atoms with Gasteiger partial charge in [0.25, 0.3) is 11.7 Å². The van der Waals surface area contributed by atoms with Crippen LogP contribution in [0.25, 0.3) is 5.76 Å². The highest BCUT2D eigenvalue weighted by Gasteiger charge is 2.45. The highest BCUT2D eigenvalue weighted by molar-refractivity contribution is 6.46. The number of hydrogen-bond acceptors (Lipinski definition) is 4. The average Bonchev–Trinajstić information content (AvgIpc) is 3.15. The largest absolute Gasteiger partial charge is 0.507 e. The molecule has 1 aliphatic rings. The van der Waals surface area contributed by atoms with Gasteiger partial charge in [-0.2, -0.15) is 0 Å². The van der Waals surface area contributed by atoms with E-state index in [9.17, 15) is 19.1 Å². The summed E-state index contributed by atoms with van der Waals surface area (Å²) in [6.07, 6.45) is 6.15. The molecule has 1 N–H and O–H groups in total. The van der Waals surface area contributed by atoms with E-state index in [1.54, 1.807) is 4.90 Å². The minimum absolute atomic E-state index is 0.0599. The summed E-state index contributed by atoms with van der Waals surface area (Å²) in [7, 11) is 0. The van der Waals surface area contributed by atoms with Gasteiger partial charge in [0.2, 0.25) is 0 Å². The SMILES string of the molecule is CCCCN(CCCC)CCCN1C(=O)C(=O)C(=C(O)c2ccc(F)cc2)[C@@H]1c1ccc(CC)cc1. The summed E-state index contributed by atoms with van der Waals surface area (Å²) in [6.45, 7) is 9.76. The summed E-state index contributed by atoms with van der Waals surface area (Å²) in [5.41, 5.74) is 2.31. The number of aryl methyl sites for hydroxylation is 1. The smallest absolute Gasteiger partial charge is 0.295 e. The Morgan fingerprint density at radius 3 is 2.03 bits per heavy atom. The molecule has 0 unspecified atom stereocenters. The lowest BCUT2D eigenvalue weighted by molar-refractivity contribution is -0.140. The van der Waals surface area contributed by atoms with E-state index in [1.807, 2.05) is 24.3 Å². The molecule has 1 saturated heterocycles. The summed E-state index contributed by atoms with van der Waals surface area (Å²) in [5.74, 6) is -2.01. The molecule has 6 heteroatoms. The molecule has 36 heavy (non-hydrogen) atoms. The van der Waals surface area contributed by atoms with Crippen molar-refractivity contribution < 1.29 is 19.1 Å². The van der Waals surface area contributed by atoms with Gasteiger partial charge in [0, 0.05) is 12.1 Å². The number of rotatable bonds is 13. The Hall–Kier alpha value is -2.99. The molecule has 1 atom stereocenters. The maximum atomic E-state index is 13.5. The van der Waals surface area contributed by atoms with Gasteiger partial charge < -0.3 is 14.9 Å². The van der Waals surface area contributed by atoms with Crippen molar-refractivity contribution in [1.29, 1.82) is 0 Å². The number of benzene rings is 2. The second-order valence-corrected chi connectivity index (χ2v) is 9.50. The zero-order chi connectivity index (χ0) is 26.1. The lowest BCUT2D eigenvalue weighted by Crippen LogP contribution is -2.34. The Morgan fingerprint density at radius 1 is 0.889 bits per heavy atom. The predicted molar refractivity (Wildman–Crippen MR) is 142 cm³/mol. The third-order valence-electron chi connectivity index (χ3n) is 6.89. The normalized spacial score (nSPS) is 17.4. The molecule has 1 fully saturated rings. The van der Waals surface area contributed by atoms with E-state index in [4.69, 9.17) is 0 Å². The Morgan fingerprint density at radius 2 is 1.47 bits per heavy atom. The van der Waals surface area contributed by atoms with Crippen LogP contribution in [0.2, 0.25) is 0 Å². The lowest BCUT2D eigenvalue weighted by atomic mass is 9.94. The van der Waals surface area contributed by atoms with Crippen molar-refractivity contribution in [2.75, 3.05) is 26.2 Å². The quantitative estimate of drug-likeness (QED) is 0.208. The van der Waals surface area contributed by atoms with Gasteiger partial charge in [-0.25, -0.2) is 4.39 Å². The molecule has 0 bridgehead atoms. The fourth-order valence-electron chi connectivity index (χ4n) is 4.72. The van der Waals surface area contributed by atoms with E-state index in [0.29, 0.717) is 12.1 Å². The molecule has 5 nitrogen and oxygen atoms in total. The van der Waals surface area contributed by atoms with Gasteiger partial charge in [0.1, 0.15) is 11.6 Å². The van der Waals surface area contributed by atoms with Crippen molar-refractivity contribution in [3.05, 3.63) is 76.6 Å². The van der Waals surface area contributed by atoms with Crippen LogP contribution >= 0.6 is 0 Å². The summed E-state index contributed by atoms with van der Waals surface area (Å²) in [6, 6.07) is 12.5. The predicted octanol–water partition coefficient (Wildman–Crippen LogP) is 6.10. The number of aliphatic hydroxyl groups is 1. The van der Waals surface area contributed by atoms with Crippen LogP contribution in [0.5, 0.6) is 0 Å². The molecule has 1 heterocycles. The topological polar surface area (TPSA) is 60.9 Å². The first-order valence-corrected chi connectivity index (χ1v) is 13.3. The molecule has 1 aliphatic heterocycles. The van der Waals surface area contributed by atoms with Gasteiger partial charge >= 0.3 is 0 Å². The summed E-state index contributed by atoms with van der Waals surface area (Å²) in [4.78, 5) is 30.4. The Bertz CT molecular complexity index is 1040. The second-order valence-electron chi connectivity index (χ2n) is 9.50. The summed E-state index contributed by atoms with van der Waals surface area (Å²) >= 11 is 0. The van der Waals surface area contributed by atoms with Crippen LogP contribution in [0, 0.1) is 5.82 Å². The minimum Gasteiger partial charge on any atom is -0.507 e. The van der Waals surface area contributed by atoms with Gasteiger partial charge in [-0.3, -0.25) is 9.59 Å². The molecule has 0 aromatic heterocycles. The molecule has 0 saturated carbocycles. The molecule has 2 aromatic rings. The molecule has 0 radical (unpaired) electrons. The number of ketones is 1. The highest BCUT2D eigenvalue weighted by Crippen LogP contribution is 2.39. The van der Waals surface area contributed by atoms with E-state index in [1.165, 1.54) is 24.3 Å². The number of likely N-dealkylation sites (tertiary alicyclic amines) is 1. The van der Waals surface area contributed by atoms with Gasteiger partial charge in [-0.15, -0.1) is 0 Å². The van der Waals surface area contributed by atoms with E-state index in [0.717, 1.165) is 69.3 Å². The summed E-state index contributed by atoms with van der Waals surface area (Å²) in [5, 5.41) is 11.1. The first kappa shape index (κ1) is 27.6. The fraction of sp³-hybridized carbons (Fsp3) is 0.467. The number of carbonyl (C=O) groups is 2. The number of amides is 1. The zero-order valence-corrected chi connectivity index (χ0v) is 21.8. The van der Waals surface area contributed by atoms with Crippen LogP contribution < -0.4 is 0 Å². The van der Waals surface area contributed by atoms with Gasteiger partial charge in [0.05, 0.1) is 11.6 Å². The number of carbonyl (C=O) groups excluding carboxylic acids is 2. The van der Waals surface area contributed by atoms with Crippen LogP contribution in [0.1, 0.15) is 75.6 Å². The van der Waals surface area contributed by atoms with Crippen LogP contribution in [-0.4, -0.2) is 52.8 Å². The summed E-state index contributed by atoms with van der Waals surface area (Å²) < 4.78 is 13.5. The van der Waals surface area contributed by atoms with Crippen molar-refractivity contribution in [2.24, 2.45) is 0 Å². The van der Waals surface area contributed by atoms with Crippen molar-refractivity contribution in [3.8, 4) is 0 Å². The monoisotopic (exact) mass is 494 g/mol. The molecule has 0 aliphatic carbocycles. The van der Waals surface area contributed by atoms with Crippen molar-refractivity contribution in [1.82, 2.24) is 9.80 Å². The number of nitrogens with zero attached hydrogens (tertiary/aromatic N) is 2. The average molecular weight is 495 g/mol. The van der Waals surface area contributed by atoms with Gasteiger partial charge in [-0.05, 0) is 80.7 Å². The zero-order valence-electron chi connectivity index (χ0n) is 21.8. The standard InChI is InChI=1S/C30H39FN2O3/c1-4-7-18-32(19-8-5-2)20-9-21-33-27(23-12-10-22(6-3)11-13-23)26(29(35)30(33)36)28(34)24-14-16-25(31)17-15-24/h10-17,27,34H,4-9,18-21H2,1-3H3/t27-/m0/s1. The maximum Gasteiger partial charge on any atom is 0.295 e. The Balaban J connectivity index is 1.91. The first-order valence-electron chi connectivity index (χ1n) is 13.3. The van der Waals surface area contributed by atoms with E-state index in [-0.39, 0.29) is 11.3 Å². The third-order valence-corrected chi connectivity index (χ3v) is 6.89. The lowest BCUT2D eigenvalue weighted by Gasteiger charge is -2.27. The third kappa shape index (κ3) is 6.61. The molecular formula is C30H39FN2O3. The van der Waals surface area contributed by atoms with E-state index >= 15 is 0 Å². The van der Waals surface area contributed by atoms with Gasteiger partial charge in [-0.1, -0.05) is 57.9 Å². The highest BCUT2D eigenvalue weighted by atomic mass is 19.1. The molecule has 194 valence electrons. The fourth-order valence-corrected chi connectivity index (χ4v) is 4.72. The Kier molecular flexibility index (Phi) is 10.2. The molecule has 1 amide bonds.